The standard InChI is InChI=1S/C11H13F9O/c1-21-7-4-2-6(3-5-7)8(9(12,13)14,10(15,16)17)11(18,19)20/h6-7H,2-5H2,1H3. The topological polar surface area (TPSA) is 9.23 Å². The first-order valence-corrected chi connectivity index (χ1v) is 6.02. The number of halogens is 9. The molecule has 0 N–H and O–H groups in total. The molecule has 1 aliphatic rings. The van der Waals surface area contributed by atoms with Gasteiger partial charge in [-0.3, -0.25) is 0 Å². The minimum atomic E-state index is -6.46. The number of hydrogen-bond acceptors (Lipinski definition) is 1. The molecule has 0 heterocycles. The monoisotopic (exact) mass is 332 g/mol. The van der Waals surface area contributed by atoms with Crippen molar-refractivity contribution in [1.82, 2.24) is 0 Å². The van der Waals surface area contributed by atoms with Crippen LogP contribution in [0.3, 0.4) is 0 Å². The summed E-state index contributed by atoms with van der Waals surface area (Å²) in [4.78, 5) is 0. The molecule has 0 aromatic carbocycles. The van der Waals surface area contributed by atoms with Crippen LogP contribution in [0, 0.1) is 11.3 Å². The summed E-state index contributed by atoms with van der Waals surface area (Å²) in [5, 5.41) is 0. The predicted octanol–water partition coefficient (Wildman–Crippen LogP) is 4.86. The number of ether oxygens (including phenoxy) is 1. The van der Waals surface area contributed by atoms with Crippen LogP contribution in [0.25, 0.3) is 0 Å². The van der Waals surface area contributed by atoms with E-state index in [9.17, 15) is 39.5 Å². The molecule has 1 saturated carbocycles. The summed E-state index contributed by atoms with van der Waals surface area (Å²) >= 11 is 0. The predicted molar refractivity (Wildman–Crippen MR) is 53.4 cm³/mol. The van der Waals surface area contributed by atoms with Gasteiger partial charge in [0, 0.05) is 7.11 Å². The maximum absolute atomic E-state index is 12.9. The molecule has 1 rings (SSSR count). The molecule has 1 aliphatic carbocycles. The lowest BCUT2D eigenvalue weighted by molar-refractivity contribution is -0.445. The number of rotatable bonds is 2. The molecule has 0 aromatic heterocycles. The van der Waals surface area contributed by atoms with Crippen molar-refractivity contribution in [2.24, 2.45) is 11.3 Å². The number of alkyl halides is 9. The van der Waals surface area contributed by atoms with Crippen LogP contribution in [0.15, 0.2) is 0 Å². The van der Waals surface area contributed by atoms with Gasteiger partial charge in [0.25, 0.3) is 5.41 Å². The van der Waals surface area contributed by atoms with Gasteiger partial charge in [0.15, 0.2) is 0 Å². The Kier molecular flexibility index (Phi) is 4.82. The summed E-state index contributed by atoms with van der Waals surface area (Å²) in [7, 11) is 1.20. The first-order valence-electron chi connectivity index (χ1n) is 6.02. The SMILES string of the molecule is COC1CCC(C(C(F)(F)F)(C(F)(F)F)C(F)(F)F)CC1. The Morgan fingerprint density at radius 1 is 0.667 bits per heavy atom. The summed E-state index contributed by atoms with van der Waals surface area (Å²) in [5.41, 5.74) is -5.69. The smallest absolute Gasteiger partial charge is 0.381 e. The highest BCUT2D eigenvalue weighted by Crippen LogP contribution is 2.65. The van der Waals surface area contributed by atoms with E-state index in [1.165, 1.54) is 7.11 Å². The lowest BCUT2D eigenvalue weighted by Crippen LogP contribution is -2.64. The largest absolute Gasteiger partial charge is 0.412 e. The zero-order valence-electron chi connectivity index (χ0n) is 10.8. The molecule has 0 bridgehead atoms. The fourth-order valence-electron chi connectivity index (χ4n) is 2.91. The molecule has 1 nitrogen and oxygen atoms in total. The lowest BCUT2D eigenvalue weighted by Gasteiger charge is -2.46. The second kappa shape index (κ2) is 5.51. The van der Waals surface area contributed by atoms with Crippen LogP contribution in [0.4, 0.5) is 39.5 Å². The van der Waals surface area contributed by atoms with E-state index in [4.69, 9.17) is 4.74 Å². The van der Waals surface area contributed by atoms with Crippen LogP contribution in [-0.2, 0) is 4.74 Å². The van der Waals surface area contributed by atoms with Crippen LogP contribution in [0.2, 0.25) is 0 Å². The van der Waals surface area contributed by atoms with Gasteiger partial charge in [-0.1, -0.05) is 0 Å². The van der Waals surface area contributed by atoms with Gasteiger partial charge in [-0.2, -0.15) is 39.5 Å². The molecule has 0 amide bonds. The Labute approximate surface area is 114 Å². The summed E-state index contributed by atoms with van der Waals surface area (Å²) < 4.78 is 121. The zero-order chi connectivity index (χ0) is 16.7. The minimum absolute atomic E-state index is 0.273. The Balaban J connectivity index is 3.32. The Bertz CT molecular complexity index is 310. The van der Waals surface area contributed by atoms with Crippen LogP contribution in [0.5, 0.6) is 0 Å². The van der Waals surface area contributed by atoms with Crippen LogP contribution in [-0.4, -0.2) is 31.7 Å². The third-order valence-corrected chi connectivity index (χ3v) is 3.96. The third kappa shape index (κ3) is 2.95. The van der Waals surface area contributed by atoms with Gasteiger partial charge in [-0.25, -0.2) is 0 Å². The highest BCUT2D eigenvalue weighted by Gasteiger charge is 2.85. The third-order valence-electron chi connectivity index (χ3n) is 3.96. The molecule has 1 fully saturated rings. The molecular weight excluding hydrogens is 319 g/mol. The second-order valence-corrected chi connectivity index (χ2v) is 5.01. The minimum Gasteiger partial charge on any atom is -0.381 e. The van der Waals surface area contributed by atoms with Gasteiger partial charge in [0.2, 0.25) is 0 Å². The van der Waals surface area contributed by atoms with Gasteiger partial charge in [0.05, 0.1) is 6.10 Å². The van der Waals surface area contributed by atoms with E-state index in [1.54, 1.807) is 0 Å². The molecule has 0 aliphatic heterocycles. The quantitative estimate of drug-likeness (QED) is 0.656. The van der Waals surface area contributed by atoms with Crippen molar-refractivity contribution in [3.05, 3.63) is 0 Å². The van der Waals surface area contributed by atoms with Crippen LogP contribution >= 0.6 is 0 Å². The summed E-state index contributed by atoms with van der Waals surface area (Å²) in [5.74, 6) is -2.59. The molecule has 0 radical (unpaired) electrons. The van der Waals surface area contributed by atoms with Gasteiger partial charge in [-0.05, 0) is 31.6 Å². The van der Waals surface area contributed by atoms with E-state index in [0.717, 1.165) is 0 Å². The van der Waals surface area contributed by atoms with E-state index in [-0.39, 0.29) is 12.8 Å². The molecule has 0 aromatic rings. The molecule has 21 heavy (non-hydrogen) atoms. The molecule has 0 unspecified atom stereocenters. The second-order valence-electron chi connectivity index (χ2n) is 5.01. The highest BCUT2D eigenvalue weighted by molar-refractivity contribution is 5.04. The van der Waals surface area contributed by atoms with Gasteiger partial charge in [-0.15, -0.1) is 0 Å². The van der Waals surface area contributed by atoms with E-state index in [2.05, 4.69) is 0 Å². The average molecular weight is 332 g/mol. The Morgan fingerprint density at radius 2 is 1.00 bits per heavy atom. The van der Waals surface area contributed by atoms with E-state index >= 15 is 0 Å². The maximum atomic E-state index is 12.9. The zero-order valence-corrected chi connectivity index (χ0v) is 10.8. The van der Waals surface area contributed by atoms with Gasteiger partial charge < -0.3 is 4.74 Å². The van der Waals surface area contributed by atoms with Crippen molar-refractivity contribution in [1.29, 1.82) is 0 Å². The molecule has 0 saturated heterocycles. The molecule has 10 heteroatoms. The van der Waals surface area contributed by atoms with E-state index in [0.29, 0.717) is 0 Å². The summed E-state index contributed by atoms with van der Waals surface area (Å²) in [6, 6.07) is 0. The van der Waals surface area contributed by atoms with Crippen molar-refractivity contribution in [3.63, 3.8) is 0 Å². The number of hydrogen-bond donors (Lipinski definition) is 0. The van der Waals surface area contributed by atoms with Crippen molar-refractivity contribution in [2.75, 3.05) is 7.11 Å². The van der Waals surface area contributed by atoms with Crippen molar-refractivity contribution in [3.8, 4) is 0 Å². The summed E-state index contributed by atoms with van der Waals surface area (Å²) in [6.45, 7) is 0. The fourth-order valence-corrected chi connectivity index (χ4v) is 2.91. The molecular formula is C11H13F9O. The maximum Gasteiger partial charge on any atom is 0.412 e. The van der Waals surface area contributed by atoms with Gasteiger partial charge >= 0.3 is 18.5 Å². The lowest BCUT2D eigenvalue weighted by atomic mass is 9.66. The molecule has 0 spiro atoms. The highest BCUT2D eigenvalue weighted by atomic mass is 19.4. The van der Waals surface area contributed by atoms with Crippen LogP contribution < -0.4 is 0 Å². The normalized spacial score (nSPS) is 26.0. The first kappa shape index (κ1) is 18.4. The van der Waals surface area contributed by atoms with Crippen LogP contribution in [0.1, 0.15) is 25.7 Å². The first-order chi connectivity index (χ1) is 9.29. The van der Waals surface area contributed by atoms with Crippen molar-refractivity contribution < 1.29 is 44.3 Å². The van der Waals surface area contributed by atoms with Crippen molar-refractivity contribution >= 4 is 0 Å². The average Bonchev–Trinajstić information content (AvgIpc) is 2.24. The molecule has 0 atom stereocenters. The van der Waals surface area contributed by atoms with E-state index < -0.39 is 48.8 Å². The fraction of sp³-hybridized carbons (Fsp3) is 1.00. The Hall–Kier alpha value is -0.670. The summed E-state index contributed by atoms with van der Waals surface area (Å²) in [6.07, 6.45) is -22.3. The molecule has 126 valence electrons. The van der Waals surface area contributed by atoms with Gasteiger partial charge in [0.1, 0.15) is 0 Å². The Morgan fingerprint density at radius 3 is 1.24 bits per heavy atom. The van der Waals surface area contributed by atoms with E-state index in [1.807, 2.05) is 0 Å². The van der Waals surface area contributed by atoms with Crippen molar-refractivity contribution in [2.45, 2.75) is 50.3 Å². The number of methoxy groups -OCH3 is 1.